The summed E-state index contributed by atoms with van der Waals surface area (Å²) in [6.45, 7) is 3.72. The lowest BCUT2D eigenvalue weighted by atomic mass is 9.95. The number of nitrogens with zero attached hydrogens (tertiary/aromatic N) is 2. The zero-order valence-corrected chi connectivity index (χ0v) is 20.8. The monoisotopic (exact) mass is 530 g/mol. The molecule has 5 rings (SSSR count). The maximum absolute atomic E-state index is 15.6. The number of piperidine rings is 1. The zero-order valence-electron chi connectivity index (χ0n) is 20.8. The maximum Gasteiger partial charge on any atom is 0.258 e. The third-order valence-corrected chi connectivity index (χ3v) is 6.79. The first-order valence-corrected chi connectivity index (χ1v) is 12.2. The van der Waals surface area contributed by atoms with Gasteiger partial charge in [-0.2, -0.15) is 0 Å². The predicted octanol–water partition coefficient (Wildman–Crippen LogP) is 4.67. The van der Waals surface area contributed by atoms with E-state index in [1.165, 1.54) is 13.3 Å². The van der Waals surface area contributed by atoms with Crippen molar-refractivity contribution in [2.45, 2.75) is 25.8 Å². The van der Waals surface area contributed by atoms with Crippen LogP contribution in [0, 0.1) is 29.2 Å². The number of carbonyl (C=O) groups excluding carboxylic acids is 1. The van der Waals surface area contributed by atoms with Crippen LogP contribution >= 0.6 is 0 Å². The number of nitrogens with two attached hydrogens (primary N) is 1. The Bertz CT molecular complexity index is 1380. The second kappa shape index (κ2) is 10.1. The van der Waals surface area contributed by atoms with Crippen molar-refractivity contribution in [3.8, 4) is 22.8 Å². The minimum Gasteiger partial charge on any atom is -0.497 e. The summed E-state index contributed by atoms with van der Waals surface area (Å²) in [6.07, 6.45) is 2.82. The van der Waals surface area contributed by atoms with E-state index in [2.05, 4.69) is 22.1 Å². The number of anilines is 2. The molecule has 0 unspecified atom stereocenters. The van der Waals surface area contributed by atoms with Gasteiger partial charge in [0.05, 0.1) is 48.0 Å². The Kier molecular flexibility index (Phi) is 6.87. The summed E-state index contributed by atoms with van der Waals surface area (Å²) in [4.78, 5) is 19.6. The summed E-state index contributed by atoms with van der Waals surface area (Å²) in [5.41, 5.74) is 5.50. The van der Waals surface area contributed by atoms with Gasteiger partial charge in [0.1, 0.15) is 29.0 Å². The minimum absolute atomic E-state index is 0.0835. The van der Waals surface area contributed by atoms with Gasteiger partial charge in [-0.1, -0.05) is 6.92 Å². The molecule has 3 aromatic rings. The van der Waals surface area contributed by atoms with E-state index in [0.29, 0.717) is 49.3 Å². The van der Waals surface area contributed by atoms with Crippen LogP contribution < -0.4 is 25.4 Å². The van der Waals surface area contributed by atoms with Gasteiger partial charge in [0.15, 0.2) is 0 Å². The lowest BCUT2D eigenvalue weighted by Crippen LogP contribution is -2.47. The highest BCUT2D eigenvalue weighted by Gasteiger charge is 2.31. The van der Waals surface area contributed by atoms with Gasteiger partial charge in [-0.3, -0.25) is 4.79 Å². The molecule has 3 heterocycles. The predicted molar refractivity (Wildman–Crippen MR) is 134 cm³/mol. The smallest absolute Gasteiger partial charge is 0.258 e. The largest absolute Gasteiger partial charge is 0.497 e. The van der Waals surface area contributed by atoms with Crippen molar-refractivity contribution in [1.82, 2.24) is 4.98 Å². The van der Waals surface area contributed by atoms with Crippen LogP contribution in [0.15, 0.2) is 30.5 Å². The van der Waals surface area contributed by atoms with Gasteiger partial charge in [-0.05, 0) is 24.5 Å². The summed E-state index contributed by atoms with van der Waals surface area (Å²) in [5.74, 6) is -5.46. The molecule has 2 aliphatic heterocycles. The van der Waals surface area contributed by atoms with E-state index in [1.807, 2.05) is 0 Å². The number of amides is 1. The van der Waals surface area contributed by atoms with Gasteiger partial charge in [-0.25, -0.2) is 22.5 Å². The molecule has 38 heavy (non-hydrogen) atoms. The number of halogens is 4. The Balaban J connectivity index is 1.54. The van der Waals surface area contributed by atoms with Crippen molar-refractivity contribution >= 4 is 17.3 Å². The first kappa shape index (κ1) is 25.8. The van der Waals surface area contributed by atoms with Gasteiger partial charge >= 0.3 is 0 Å². The minimum atomic E-state index is -1.40. The second-order valence-electron chi connectivity index (χ2n) is 9.61. The molecule has 200 valence electrons. The van der Waals surface area contributed by atoms with E-state index in [9.17, 15) is 18.0 Å². The van der Waals surface area contributed by atoms with Crippen LogP contribution in [0.25, 0.3) is 11.1 Å². The normalized spacial score (nSPS) is 18.7. The van der Waals surface area contributed by atoms with E-state index in [-0.39, 0.29) is 11.8 Å². The van der Waals surface area contributed by atoms with Gasteiger partial charge in [0.2, 0.25) is 5.88 Å². The molecule has 0 saturated carbocycles. The Hall–Kier alpha value is -3.86. The number of rotatable bonds is 5. The number of hydrogen-bond acceptors (Lipinski definition) is 6. The quantitative estimate of drug-likeness (QED) is 0.466. The number of pyridine rings is 1. The molecule has 0 bridgehead atoms. The first-order valence-electron chi connectivity index (χ1n) is 12.2. The molecule has 2 aromatic carbocycles. The summed E-state index contributed by atoms with van der Waals surface area (Å²) >= 11 is 0. The van der Waals surface area contributed by atoms with E-state index >= 15 is 4.39 Å². The molecule has 2 atom stereocenters. The number of methoxy groups -OCH3 is 1. The number of hydrogen-bond donors (Lipinski definition) is 2. The summed E-state index contributed by atoms with van der Waals surface area (Å²) in [6, 6.07) is 3.24. The number of benzene rings is 2. The molecule has 3 N–H and O–H groups in total. The first-order chi connectivity index (χ1) is 18.2. The SMILES string of the molecule is COc1cc(F)c(-c2c(F)ccc(C(=O)Nc3cnc4c(c3N3C[C@H](C)C[C@H](N)C3)CCO4)c2F)c(F)c1. The Morgan fingerprint density at radius 3 is 2.55 bits per heavy atom. The third kappa shape index (κ3) is 4.62. The lowest BCUT2D eigenvalue weighted by molar-refractivity contribution is 0.102. The molecule has 0 radical (unpaired) electrons. The fourth-order valence-electron chi connectivity index (χ4n) is 5.21. The molecule has 0 aliphatic carbocycles. The highest BCUT2D eigenvalue weighted by atomic mass is 19.1. The fraction of sp³-hybridized carbons (Fsp3) is 0.333. The number of fused-ring (bicyclic) bond motifs is 1. The van der Waals surface area contributed by atoms with Crippen molar-refractivity contribution in [2.24, 2.45) is 11.7 Å². The molecule has 1 amide bonds. The van der Waals surface area contributed by atoms with E-state index in [4.69, 9.17) is 15.2 Å². The maximum atomic E-state index is 15.6. The van der Waals surface area contributed by atoms with E-state index < -0.39 is 45.9 Å². The van der Waals surface area contributed by atoms with E-state index in [0.717, 1.165) is 36.2 Å². The molecular formula is C27H26F4N4O3. The summed E-state index contributed by atoms with van der Waals surface area (Å²) < 4.78 is 70.0. The van der Waals surface area contributed by atoms with Gasteiger partial charge in [0, 0.05) is 43.2 Å². The van der Waals surface area contributed by atoms with Crippen LogP contribution in [-0.4, -0.2) is 43.7 Å². The molecule has 1 fully saturated rings. The topological polar surface area (TPSA) is 89.7 Å². The van der Waals surface area contributed by atoms with Crippen molar-refractivity contribution in [1.29, 1.82) is 0 Å². The Morgan fingerprint density at radius 1 is 1.13 bits per heavy atom. The molecular weight excluding hydrogens is 504 g/mol. The van der Waals surface area contributed by atoms with Gasteiger partial charge < -0.3 is 25.4 Å². The van der Waals surface area contributed by atoms with Crippen LogP contribution in [0.1, 0.15) is 29.3 Å². The third-order valence-electron chi connectivity index (χ3n) is 6.79. The van der Waals surface area contributed by atoms with E-state index in [1.54, 1.807) is 0 Å². The Labute approximate surface area is 216 Å². The highest BCUT2D eigenvalue weighted by Crippen LogP contribution is 2.40. The summed E-state index contributed by atoms with van der Waals surface area (Å²) in [5, 5.41) is 2.66. The molecule has 0 spiro atoms. The molecule has 1 aromatic heterocycles. The van der Waals surface area contributed by atoms with Crippen LogP contribution in [0.4, 0.5) is 28.9 Å². The van der Waals surface area contributed by atoms with Crippen molar-refractivity contribution in [2.75, 3.05) is 37.0 Å². The number of ether oxygens (including phenoxy) is 2. The van der Waals surface area contributed by atoms with Crippen LogP contribution in [0.2, 0.25) is 0 Å². The zero-order chi connectivity index (χ0) is 27.1. The van der Waals surface area contributed by atoms with Gasteiger partial charge in [-0.15, -0.1) is 0 Å². The fourth-order valence-corrected chi connectivity index (χ4v) is 5.21. The van der Waals surface area contributed by atoms with Crippen LogP contribution in [0.3, 0.4) is 0 Å². The number of nitrogens with one attached hydrogen (secondary N) is 1. The van der Waals surface area contributed by atoms with Crippen LogP contribution in [-0.2, 0) is 6.42 Å². The van der Waals surface area contributed by atoms with Gasteiger partial charge in [0.25, 0.3) is 5.91 Å². The number of carbonyl (C=O) groups is 1. The van der Waals surface area contributed by atoms with Crippen molar-refractivity contribution < 1.29 is 31.8 Å². The number of aromatic nitrogens is 1. The highest BCUT2D eigenvalue weighted by molar-refractivity contribution is 6.07. The van der Waals surface area contributed by atoms with Crippen molar-refractivity contribution in [3.63, 3.8) is 0 Å². The molecule has 2 aliphatic rings. The molecule has 11 heteroatoms. The lowest BCUT2D eigenvalue weighted by Gasteiger charge is -2.38. The standard InChI is InChI=1S/C27H26F4N4O3/c1-13-7-14(32)12-35(11-13)25-17-5-6-38-27(17)33-10-21(25)34-26(36)16-3-4-18(28)23(24(16)31)22-19(29)8-15(37-2)9-20(22)30/h3-4,8-10,13-14H,5-7,11-12,32H2,1-2H3,(H,34,36)/t13-,14+/m1/s1. The molecule has 1 saturated heterocycles. The summed E-state index contributed by atoms with van der Waals surface area (Å²) in [7, 11) is 1.20. The second-order valence-corrected chi connectivity index (χ2v) is 9.61. The van der Waals surface area contributed by atoms with Crippen LogP contribution in [0.5, 0.6) is 11.6 Å². The average molecular weight is 531 g/mol. The Morgan fingerprint density at radius 2 is 1.87 bits per heavy atom. The molecule has 7 nitrogen and oxygen atoms in total. The average Bonchev–Trinajstić information content (AvgIpc) is 3.33. The van der Waals surface area contributed by atoms with Crippen molar-refractivity contribution in [3.05, 3.63) is 64.9 Å².